The maximum absolute atomic E-state index is 11.9. The van der Waals surface area contributed by atoms with Crippen molar-refractivity contribution >= 4 is 12.3 Å². The summed E-state index contributed by atoms with van der Waals surface area (Å²) in [6.45, 7) is 0.968. The molecular weight excluding hydrogens is 248 g/mol. The van der Waals surface area contributed by atoms with Crippen LogP contribution in [0.5, 0.6) is 11.5 Å². The Labute approximate surface area is 111 Å². The van der Waals surface area contributed by atoms with Crippen LogP contribution in [0.15, 0.2) is 18.2 Å². The fourth-order valence-corrected chi connectivity index (χ4v) is 2.16. The Morgan fingerprint density at radius 1 is 1.32 bits per heavy atom. The van der Waals surface area contributed by atoms with Crippen LogP contribution in [0.1, 0.15) is 11.6 Å². The average molecular weight is 264 g/mol. The zero-order valence-corrected chi connectivity index (χ0v) is 10.9. The number of methoxy groups -OCH3 is 2. The number of carbonyl (C=O) groups is 2. The summed E-state index contributed by atoms with van der Waals surface area (Å²) in [5, 5.41) is 2.75. The first kappa shape index (κ1) is 13.2. The number of benzene rings is 1. The second-order valence-corrected chi connectivity index (χ2v) is 4.15. The van der Waals surface area contributed by atoms with E-state index in [1.807, 2.05) is 0 Å². The van der Waals surface area contributed by atoms with Gasteiger partial charge >= 0.3 is 0 Å². The third-order valence-electron chi connectivity index (χ3n) is 3.11. The second kappa shape index (κ2) is 5.60. The Morgan fingerprint density at radius 2 is 2.05 bits per heavy atom. The molecule has 0 radical (unpaired) electrons. The number of piperazine rings is 1. The van der Waals surface area contributed by atoms with Gasteiger partial charge in [0.1, 0.15) is 6.04 Å². The molecule has 6 heteroatoms. The van der Waals surface area contributed by atoms with Gasteiger partial charge in [-0.2, -0.15) is 0 Å². The molecule has 0 aromatic heterocycles. The third-order valence-corrected chi connectivity index (χ3v) is 3.11. The topological polar surface area (TPSA) is 67.9 Å². The van der Waals surface area contributed by atoms with Crippen LogP contribution in [0.4, 0.5) is 0 Å². The van der Waals surface area contributed by atoms with Gasteiger partial charge in [-0.3, -0.25) is 9.59 Å². The Morgan fingerprint density at radius 3 is 2.68 bits per heavy atom. The Hall–Kier alpha value is -2.24. The highest BCUT2D eigenvalue weighted by Crippen LogP contribution is 2.32. The van der Waals surface area contributed by atoms with Gasteiger partial charge in [-0.15, -0.1) is 0 Å². The summed E-state index contributed by atoms with van der Waals surface area (Å²) in [6, 6.07) is 4.57. The van der Waals surface area contributed by atoms with E-state index in [9.17, 15) is 9.59 Å². The maximum atomic E-state index is 11.9. The molecule has 1 aromatic rings. The number of amides is 2. The number of ether oxygens (including phenoxy) is 2. The monoisotopic (exact) mass is 264 g/mol. The zero-order chi connectivity index (χ0) is 13.8. The molecule has 1 unspecified atom stereocenters. The molecule has 6 nitrogen and oxygen atoms in total. The highest BCUT2D eigenvalue weighted by atomic mass is 16.5. The van der Waals surface area contributed by atoms with E-state index >= 15 is 0 Å². The second-order valence-electron chi connectivity index (χ2n) is 4.15. The van der Waals surface area contributed by atoms with Crippen molar-refractivity contribution in [2.45, 2.75) is 6.04 Å². The Balaban J connectivity index is 2.38. The minimum Gasteiger partial charge on any atom is -0.493 e. The summed E-state index contributed by atoms with van der Waals surface area (Å²) in [5.41, 5.74) is 0.696. The van der Waals surface area contributed by atoms with Gasteiger partial charge in [-0.25, -0.2) is 0 Å². The fraction of sp³-hybridized carbons (Fsp3) is 0.385. The van der Waals surface area contributed by atoms with Gasteiger partial charge in [-0.05, 0) is 17.7 Å². The number of nitrogens with one attached hydrogen (secondary N) is 1. The smallest absolute Gasteiger partial charge is 0.247 e. The highest BCUT2D eigenvalue weighted by Gasteiger charge is 2.30. The van der Waals surface area contributed by atoms with Crippen LogP contribution in [-0.4, -0.2) is 44.5 Å². The lowest BCUT2D eigenvalue weighted by molar-refractivity contribution is -0.136. The lowest BCUT2D eigenvalue weighted by Gasteiger charge is -2.32. The minimum atomic E-state index is -0.619. The molecule has 1 saturated heterocycles. The van der Waals surface area contributed by atoms with Crippen LogP contribution in [0.2, 0.25) is 0 Å². The molecule has 1 heterocycles. The van der Waals surface area contributed by atoms with Crippen molar-refractivity contribution in [1.82, 2.24) is 10.2 Å². The lowest BCUT2D eigenvalue weighted by atomic mass is 10.0. The van der Waals surface area contributed by atoms with Gasteiger partial charge in [-0.1, -0.05) is 6.07 Å². The quantitative estimate of drug-likeness (QED) is 0.796. The van der Waals surface area contributed by atoms with Gasteiger partial charge in [0.05, 0.1) is 14.2 Å². The molecule has 1 N–H and O–H groups in total. The molecule has 2 amide bonds. The lowest BCUT2D eigenvalue weighted by Crippen LogP contribution is -2.49. The van der Waals surface area contributed by atoms with Gasteiger partial charge < -0.3 is 19.7 Å². The normalized spacial score (nSPS) is 18.7. The number of nitrogens with zero attached hydrogens (tertiary/aromatic N) is 1. The standard InChI is InChI=1S/C13H16N2O4/c1-18-10-4-3-9(7-11(10)19-2)12-13(17)14-5-6-15(12)8-16/h3-4,7-8,12H,5-6H2,1-2H3,(H,14,17). The number of hydrogen-bond donors (Lipinski definition) is 1. The first-order valence-corrected chi connectivity index (χ1v) is 5.92. The van der Waals surface area contributed by atoms with E-state index in [1.54, 1.807) is 25.3 Å². The molecule has 102 valence electrons. The van der Waals surface area contributed by atoms with E-state index in [0.29, 0.717) is 36.6 Å². The largest absolute Gasteiger partial charge is 0.493 e. The number of rotatable bonds is 4. The van der Waals surface area contributed by atoms with Gasteiger partial charge in [0.2, 0.25) is 12.3 Å². The molecule has 1 atom stereocenters. The molecule has 0 saturated carbocycles. The summed E-state index contributed by atoms with van der Waals surface area (Å²) < 4.78 is 10.4. The molecule has 19 heavy (non-hydrogen) atoms. The van der Waals surface area contributed by atoms with Crippen molar-refractivity contribution in [3.05, 3.63) is 23.8 Å². The molecule has 0 spiro atoms. The predicted octanol–water partition coefficient (Wildman–Crippen LogP) is 0.333. The molecule has 1 aromatic carbocycles. The SMILES string of the molecule is COc1ccc(C2C(=O)NCCN2C=O)cc1OC. The van der Waals surface area contributed by atoms with Gasteiger partial charge in [0.15, 0.2) is 11.5 Å². The number of hydrogen-bond acceptors (Lipinski definition) is 4. The van der Waals surface area contributed by atoms with E-state index in [4.69, 9.17) is 9.47 Å². The van der Waals surface area contributed by atoms with Crippen molar-refractivity contribution < 1.29 is 19.1 Å². The van der Waals surface area contributed by atoms with E-state index in [2.05, 4.69) is 5.32 Å². The van der Waals surface area contributed by atoms with Gasteiger partial charge in [0.25, 0.3) is 0 Å². The van der Waals surface area contributed by atoms with Crippen LogP contribution >= 0.6 is 0 Å². The summed E-state index contributed by atoms with van der Waals surface area (Å²) in [6.07, 6.45) is 0.695. The summed E-state index contributed by atoms with van der Waals surface area (Å²) in [4.78, 5) is 24.5. The molecule has 1 aliphatic rings. The molecule has 0 aliphatic carbocycles. The third kappa shape index (κ3) is 2.47. The molecule has 2 rings (SSSR count). The maximum Gasteiger partial charge on any atom is 0.247 e. The molecule has 0 bridgehead atoms. The van der Waals surface area contributed by atoms with Crippen LogP contribution in [-0.2, 0) is 9.59 Å². The fourth-order valence-electron chi connectivity index (χ4n) is 2.16. The first-order valence-electron chi connectivity index (χ1n) is 5.92. The van der Waals surface area contributed by atoms with Crippen LogP contribution in [0.25, 0.3) is 0 Å². The van der Waals surface area contributed by atoms with Crippen LogP contribution < -0.4 is 14.8 Å². The summed E-state index contributed by atoms with van der Waals surface area (Å²) in [7, 11) is 3.07. The molecule has 1 fully saturated rings. The molecular formula is C13H16N2O4. The first-order chi connectivity index (χ1) is 9.21. The summed E-state index contributed by atoms with van der Waals surface area (Å²) >= 11 is 0. The average Bonchev–Trinajstić information content (AvgIpc) is 2.46. The highest BCUT2D eigenvalue weighted by molar-refractivity contribution is 5.86. The van der Waals surface area contributed by atoms with Crippen molar-refractivity contribution in [3.8, 4) is 11.5 Å². The van der Waals surface area contributed by atoms with Crippen LogP contribution in [0, 0.1) is 0 Å². The van der Waals surface area contributed by atoms with Crippen molar-refractivity contribution in [2.75, 3.05) is 27.3 Å². The van der Waals surface area contributed by atoms with E-state index in [-0.39, 0.29) is 5.91 Å². The Bertz CT molecular complexity index is 490. The van der Waals surface area contributed by atoms with Gasteiger partial charge in [0, 0.05) is 13.1 Å². The van der Waals surface area contributed by atoms with Crippen molar-refractivity contribution in [1.29, 1.82) is 0 Å². The predicted molar refractivity (Wildman–Crippen MR) is 68.1 cm³/mol. The zero-order valence-electron chi connectivity index (χ0n) is 10.9. The minimum absolute atomic E-state index is 0.189. The summed E-state index contributed by atoms with van der Waals surface area (Å²) in [5.74, 6) is 0.926. The van der Waals surface area contributed by atoms with Crippen molar-refractivity contribution in [2.24, 2.45) is 0 Å². The van der Waals surface area contributed by atoms with E-state index in [0.717, 1.165) is 0 Å². The molecule has 1 aliphatic heterocycles. The van der Waals surface area contributed by atoms with E-state index < -0.39 is 6.04 Å². The van der Waals surface area contributed by atoms with Crippen LogP contribution in [0.3, 0.4) is 0 Å². The van der Waals surface area contributed by atoms with Crippen molar-refractivity contribution in [3.63, 3.8) is 0 Å². The number of carbonyl (C=O) groups excluding carboxylic acids is 2. The Kier molecular flexibility index (Phi) is 3.89. The van der Waals surface area contributed by atoms with E-state index in [1.165, 1.54) is 12.0 Å².